The van der Waals surface area contributed by atoms with Gasteiger partial charge in [0.1, 0.15) is 16.5 Å². The number of fused-ring (bicyclic) bond motifs is 1. The second-order valence-electron chi connectivity index (χ2n) is 10.1. The van der Waals surface area contributed by atoms with Crippen molar-refractivity contribution in [3.8, 4) is 17.2 Å². The lowest BCUT2D eigenvalue weighted by atomic mass is 9.97. The Labute approximate surface area is 242 Å². The molecule has 1 unspecified atom stereocenters. The minimum atomic E-state index is -0.121. The monoisotopic (exact) mass is 574 g/mol. The number of ether oxygens (including phenoxy) is 2. The number of hydrogen-bond donors (Lipinski definition) is 3. The van der Waals surface area contributed by atoms with Gasteiger partial charge < -0.3 is 30.3 Å². The number of amides is 1. The molecule has 1 saturated carbocycles. The third-order valence-corrected chi connectivity index (χ3v) is 7.70. The zero-order valence-electron chi connectivity index (χ0n) is 23.0. The maximum Gasteiger partial charge on any atom is 0.240 e. The van der Waals surface area contributed by atoms with Crippen LogP contribution in [0.2, 0.25) is 5.02 Å². The van der Waals surface area contributed by atoms with E-state index in [0.29, 0.717) is 35.0 Å². The van der Waals surface area contributed by atoms with E-state index in [4.69, 9.17) is 26.1 Å². The van der Waals surface area contributed by atoms with Crippen LogP contribution in [0.25, 0.3) is 5.69 Å². The lowest BCUT2D eigenvalue weighted by Gasteiger charge is -2.25. The maximum atomic E-state index is 12.6. The lowest BCUT2D eigenvalue weighted by molar-refractivity contribution is -0.117. The van der Waals surface area contributed by atoms with Crippen LogP contribution < -0.4 is 30.3 Å². The van der Waals surface area contributed by atoms with E-state index in [0.717, 1.165) is 46.8 Å². The van der Waals surface area contributed by atoms with E-state index < -0.39 is 0 Å². The van der Waals surface area contributed by atoms with Gasteiger partial charge in [-0.1, -0.05) is 11.6 Å². The Morgan fingerprint density at radius 3 is 2.71 bits per heavy atom. The van der Waals surface area contributed by atoms with Gasteiger partial charge in [-0.25, -0.2) is 9.67 Å². The number of halogens is 1. The third kappa shape index (κ3) is 5.50. The number of hydrogen-bond acceptors (Lipinski definition) is 9. The summed E-state index contributed by atoms with van der Waals surface area (Å²) >= 11 is 6.56. The number of rotatable bonds is 9. The second kappa shape index (κ2) is 11.3. The summed E-state index contributed by atoms with van der Waals surface area (Å²) in [4.78, 5) is 23.5. The van der Waals surface area contributed by atoms with Crippen molar-refractivity contribution in [3.63, 3.8) is 0 Å². The second-order valence-corrected chi connectivity index (χ2v) is 10.5. The normalized spacial score (nSPS) is 15.6. The molecule has 2 aliphatic rings. The molecule has 1 amide bonds. The fraction of sp³-hybridized carbons (Fsp3) is 0.310. The Morgan fingerprint density at radius 1 is 1.12 bits per heavy atom. The topological polar surface area (TPSA) is 118 Å². The number of aromatic nitrogens is 4. The molecular weight excluding hydrogens is 544 g/mol. The molecule has 2 aromatic carbocycles. The van der Waals surface area contributed by atoms with E-state index in [2.05, 4.69) is 32.1 Å². The van der Waals surface area contributed by atoms with Crippen LogP contribution >= 0.6 is 11.6 Å². The number of carbonyl (C=O) groups excluding carboxylic acids is 1. The molecule has 3 N–H and O–H groups in total. The summed E-state index contributed by atoms with van der Waals surface area (Å²) in [5.74, 6) is 2.71. The first-order valence-electron chi connectivity index (χ1n) is 13.4. The van der Waals surface area contributed by atoms with Gasteiger partial charge in [0.15, 0.2) is 5.82 Å². The number of likely N-dealkylation sites (N-methyl/N-ethyl adjacent to an activating group) is 1. The number of benzene rings is 2. The van der Waals surface area contributed by atoms with Gasteiger partial charge in [-0.15, -0.1) is 0 Å². The molecule has 6 rings (SSSR count). The van der Waals surface area contributed by atoms with Crippen LogP contribution in [-0.4, -0.2) is 53.5 Å². The molecule has 1 aliphatic carbocycles. The van der Waals surface area contributed by atoms with Gasteiger partial charge in [-0.3, -0.25) is 4.79 Å². The summed E-state index contributed by atoms with van der Waals surface area (Å²) in [6.07, 6.45) is 7.26. The molecule has 0 bridgehead atoms. The quantitative estimate of drug-likeness (QED) is 0.261. The molecule has 1 fully saturated rings. The van der Waals surface area contributed by atoms with E-state index in [9.17, 15) is 4.79 Å². The van der Waals surface area contributed by atoms with Gasteiger partial charge in [0.25, 0.3) is 0 Å². The Bertz CT molecular complexity index is 1570. The molecule has 1 aliphatic heterocycles. The Morgan fingerprint density at radius 2 is 1.98 bits per heavy atom. The maximum absolute atomic E-state index is 12.6. The van der Waals surface area contributed by atoms with E-state index in [1.54, 1.807) is 43.2 Å². The largest absolute Gasteiger partial charge is 0.497 e. The summed E-state index contributed by atoms with van der Waals surface area (Å²) in [5, 5.41) is 14.8. The molecule has 2 aromatic heterocycles. The minimum absolute atomic E-state index is 0.0144. The predicted molar refractivity (Wildman–Crippen MR) is 158 cm³/mol. The van der Waals surface area contributed by atoms with Crippen LogP contribution in [0.5, 0.6) is 11.5 Å². The zero-order chi connectivity index (χ0) is 28.5. The Balaban J connectivity index is 1.33. The molecule has 0 saturated heterocycles. The highest BCUT2D eigenvalue weighted by Crippen LogP contribution is 2.47. The van der Waals surface area contributed by atoms with Crippen molar-refractivity contribution in [2.75, 3.05) is 43.3 Å². The van der Waals surface area contributed by atoms with Crippen molar-refractivity contribution >= 4 is 40.6 Å². The fourth-order valence-corrected chi connectivity index (χ4v) is 5.21. The van der Waals surface area contributed by atoms with E-state index >= 15 is 0 Å². The molecule has 12 heteroatoms. The Hall–Kier alpha value is -4.35. The van der Waals surface area contributed by atoms with E-state index in [-0.39, 0.29) is 18.5 Å². The van der Waals surface area contributed by atoms with Gasteiger partial charge in [0, 0.05) is 43.3 Å². The SMILES string of the molecule is COc1ccc(Nc2nc(NC(c3cc4c(cc3OC)CNCC(=O)N4C)C3CC3)ncc2Cl)c(-n2cccn2)c1. The van der Waals surface area contributed by atoms with Crippen molar-refractivity contribution in [1.29, 1.82) is 0 Å². The summed E-state index contributed by atoms with van der Waals surface area (Å²) in [7, 11) is 5.10. The number of anilines is 4. The molecule has 0 radical (unpaired) electrons. The average Bonchev–Trinajstić information content (AvgIpc) is 3.71. The molecule has 1 atom stereocenters. The number of methoxy groups -OCH3 is 2. The summed E-state index contributed by atoms with van der Waals surface area (Å²) in [6.45, 7) is 0.878. The molecule has 41 heavy (non-hydrogen) atoms. The van der Waals surface area contributed by atoms with Crippen molar-refractivity contribution in [2.24, 2.45) is 5.92 Å². The van der Waals surface area contributed by atoms with E-state index in [1.807, 2.05) is 36.5 Å². The predicted octanol–water partition coefficient (Wildman–Crippen LogP) is 4.71. The van der Waals surface area contributed by atoms with Crippen LogP contribution in [0.1, 0.15) is 30.0 Å². The van der Waals surface area contributed by atoms with Gasteiger partial charge in [0.2, 0.25) is 11.9 Å². The summed E-state index contributed by atoms with van der Waals surface area (Å²) in [6, 6.07) is 11.4. The minimum Gasteiger partial charge on any atom is -0.497 e. The third-order valence-electron chi connectivity index (χ3n) is 7.42. The van der Waals surface area contributed by atoms with Crippen molar-refractivity contribution in [1.82, 2.24) is 25.1 Å². The first kappa shape index (κ1) is 26.9. The average molecular weight is 575 g/mol. The van der Waals surface area contributed by atoms with Gasteiger partial charge in [-0.05, 0) is 54.7 Å². The number of nitrogens with zero attached hydrogens (tertiary/aromatic N) is 5. The smallest absolute Gasteiger partial charge is 0.240 e. The first-order chi connectivity index (χ1) is 19.9. The van der Waals surface area contributed by atoms with E-state index in [1.165, 1.54) is 0 Å². The zero-order valence-corrected chi connectivity index (χ0v) is 23.8. The molecule has 3 heterocycles. The summed E-state index contributed by atoms with van der Waals surface area (Å²) < 4.78 is 13.0. The highest BCUT2D eigenvalue weighted by molar-refractivity contribution is 6.33. The Kier molecular flexibility index (Phi) is 7.38. The van der Waals surface area contributed by atoms with Crippen molar-refractivity contribution in [3.05, 3.63) is 71.1 Å². The van der Waals surface area contributed by atoms with Crippen molar-refractivity contribution in [2.45, 2.75) is 25.4 Å². The molecule has 4 aromatic rings. The molecule has 0 spiro atoms. The lowest BCUT2D eigenvalue weighted by Crippen LogP contribution is -2.32. The van der Waals surface area contributed by atoms with Crippen molar-refractivity contribution < 1.29 is 14.3 Å². The molecule has 212 valence electrons. The molecule has 11 nitrogen and oxygen atoms in total. The van der Waals surface area contributed by atoms with Gasteiger partial charge in [0.05, 0.1) is 44.4 Å². The van der Waals surface area contributed by atoms with Crippen LogP contribution in [0, 0.1) is 5.92 Å². The molecular formula is C29H31ClN8O3. The van der Waals surface area contributed by atoms with Crippen LogP contribution in [0.15, 0.2) is 55.0 Å². The highest BCUT2D eigenvalue weighted by atomic mass is 35.5. The standard InChI is InChI=1S/C29H31ClN8O3/c1-37-23-13-20(25(41-3)11-18(23)14-31-16-26(37)39)27(17-5-6-17)35-29-32-15-21(30)28(36-29)34-22-8-7-19(40-2)12-24(22)38-10-4-9-33-38/h4,7-13,15,17,27,31H,5-6,14,16H2,1-3H3,(H2,32,34,35,36). The van der Waals surface area contributed by atoms with Crippen LogP contribution in [-0.2, 0) is 11.3 Å². The van der Waals surface area contributed by atoms with Gasteiger partial charge >= 0.3 is 0 Å². The fourth-order valence-electron chi connectivity index (χ4n) is 5.07. The first-order valence-corrected chi connectivity index (χ1v) is 13.7. The summed E-state index contributed by atoms with van der Waals surface area (Å²) in [5.41, 5.74) is 4.36. The van der Waals surface area contributed by atoms with Crippen LogP contribution in [0.4, 0.5) is 23.1 Å². The van der Waals surface area contributed by atoms with Gasteiger partial charge in [-0.2, -0.15) is 10.1 Å². The van der Waals surface area contributed by atoms with Crippen LogP contribution in [0.3, 0.4) is 0 Å². The highest BCUT2D eigenvalue weighted by Gasteiger charge is 2.36. The number of carbonyl (C=O) groups is 1. The number of nitrogens with one attached hydrogen (secondary N) is 3.